The molecule has 0 radical (unpaired) electrons. The molecule has 0 saturated carbocycles. The molecule has 2 aromatic carbocycles. The van der Waals surface area contributed by atoms with E-state index in [1.165, 1.54) is 31.0 Å². The van der Waals surface area contributed by atoms with E-state index in [1.807, 2.05) is 23.1 Å². The summed E-state index contributed by atoms with van der Waals surface area (Å²) in [4.78, 5) is 44.4. The Balaban J connectivity index is 1.41. The Morgan fingerprint density at radius 2 is 1.66 bits per heavy atom. The van der Waals surface area contributed by atoms with Gasteiger partial charge in [0.05, 0.1) is 11.8 Å². The number of benzene rings is 2. The second kappa shape index (κ2) is 12.0. The van der Waals surface area contributed by atoms with Crippen LogP contribution in [0, 0.1) is 17.8 Å². The predicted octanol–water partition coefficient (Wildman–Crippen LogP) is 4.12. The van der Waals surface area contributed by atoms with Crippen molar-refractivity contribution in [1.82, 2.24) is 14.7 Å². The normalized spacial score (nSPS) is 27.1. The van der Waals surface area contributed by atoms with Gasteiger partial charge in [-0.05, 0) is 67.6 Å². The van der Waals surface area contributed by atoms with Gasteiger partial charge in [-0.2, -0.15) is 4.90 Å². The zero-order chi connectivity index (χ0) is 31.2. The van der Waals surface area contributed by atoms with Crippen molar-refractivity contribution in [2.24, 2.45) is 23.5 Å². The molecule has 44 heavy (non-hydrogen) atoms. The van der Waals surface area contributed by atoms with Crippen LogP contribution in [-0.2, 0) is 22.7 Å². The molecule has 7 rings (SSSR count). The van der Waals surface area contributed by atoms with Gasteiger partial charge in [-0.15, -0.1) is 13.2 Å². The van der Waals surface area contributed by atoms with Crippen LogP contribution in [0.1, 0.15) is 48.4 Å². The Morgan fingerprint density at radius 1 is 0.955 bits per heavy atom. The van der Waals surface area contributed by atoms with E-state index in [1.54, 1.807) is 6.07 Å². The molecule has 9 nitrogen and oxygen atoms in total. The number of nitrogens with zero attached hydrogens (tertiary/aromatic N) is 3. The Hall–Kier alpha value is -3.74. The number of fused-ring (bicyclic) bond motifs is 1. The number of halogens is 3. The van der Waals surface area contributed by atoms with Crippen LogP contribution in [0.15, 0.2) is 60.2 Å². The van der Waals surface area contributed by atoms with Crippen LogP contribution in [0.3, 0.4) is 0 Å². The van der Waals surface area contributed by atoms with E-state index in [0.29, 0.717) is 23.3 Å². The Kier molecular flexibility index (Phi) is 8.25. The molecule has 5 atom stereocenters. The van der Waals surface area contributed by atoms with Gasteiger partial charge in [0, 0.05) is 37.7 Å². The third-order valence-electron chi connectivity index (χ3n) is 9.31. The summed E-state index contributed by atoms with van der Waals surface area (Å²) < 4.78 is 43.2. The number of aliphatic hydroxyl groups is 1. The van der Waals surface area contributed by atoms with Crippen LogP contribution in [-0.4, -0.2) is 69.8 Å². The summed E-state index contributed by atoms with van der Waals surface area (Å²) in [5.74, 6) is -3.88. The number of likely N-dealkylation sites (tertiary alicyclic amines) is 2. The molecule has 3 saturated heterocycles. The number of urea groups is 1. The summed E-state index contributed by atoms with van der Waals surface area (Å²) >= 11 is 0. The molecule has 3 N–H and O–H groups in total. The molecule has 234 valence electrons. The molecular formula is C32H35F3N4O5. The van der Waals surface area contributed by atoms with Gasteiger partial charge in [0.15, 0.2) is 0 Å². The fraction of sp³-hybridized carbons (Fsp3) is 0.469. The average molecular weight is 613 g/mol. The van der Waals surface area contributed by atoms with E-state index in [4.69, 9.17) is 5.73 Å². The highest BCUT2D eigenvalue weighted by atomic mass is 19.4. The first-order valence-corrected chi connectivity index (χ1v) is 15.0. The molecule has 2 aromatic rings. The number of primary amides is 1. The topological polar surface area (TPSA) is 116 Å². The maximum Gasteiger partial charge on any atom is 0.573 e. The molecule has 5 unspecified atom stereocenters. The van der Waals surface area contributed by atoms with Crippen LogP contribution in [0.2, 0.25) is 0 Å². The van der Waals surface area contributed by atoms with Gasteiger partial charge >= 0.3 is 12.4 Å². The van der Waals surface area contributed by atoms with Crippen LogP contribution in [0.25, 0.3) is 0 Å². The van der Waals surface area contributed by atoms with Crippen molar-refractivity contribution < 1.29 is 37.4 Å². The van der Waals surface area contributed by atoms with E-state index in [-0.39, 0.29) is 18.9 Å². The number of piperidine rings is 1. The molecule has 2 bridgehead atoms. The summed E-state index contributed by atoms with van der Waals surface area (Å²) in [5, 5.41) is 9.62. The largest absolute Gasteiger partial charge is 0.573 e. The average Bonchev–Trinajstić information content (AvgIpc) is 3.58. The van der Waals surface area contributed by atoms with Crippen molar-refractivity contribution in [2.75, 3.05) is 19.7 Å². The Morgan fingerprint density at radius 3 is 2.32 bits per heavy atom. The summed E-state index contributed by atoms with van der Waals surface area (Å²) in [6.45, 7) is 3.01. The SMILES string of the molecule is NC(=O)N1C(=O)C2C(C1=O)C1C=C(CCCO)C2C(c2ccc(CN3CCCC3)cc2)N1Cc1cccc(OC(F)(F)F)c1. The molecule has 4 heterocycles. The third-order valence-corrected chi connectivity index (χ3v) is 9.31. The van der Waals surface area contributed by atoms with Crippen molar-refractivity contribution in [2.45, 2.75) is 57.2 Å². The summed E-state index contributed by atoms with van der Waals surface area (Å²) in [6.07, 6.45) is 0.375. The second-order valence-electron chi connectivity index (χ2n) is 12.0. The van der Waals surface area contributed by atoms with E-state index in [2.05, 4.69) is 21.8 Å². The molecule has 0 spiro atoms. The standard InChI is InChI=1S/C32H35F3N4O5/c33-32(34,35)44-23-7-3-5-20(15-23)18-38-24-16-22(6-4-14-40)25(27-26(24)29(41)39(30(27)42)31(36)43)28(38)21-10-8-19(9-11-21)17-37-12-1-2-13-37/h3,5,7-11,15-16,24-28,40H,1-2,4,6,12-14,17-18H2,(H2,36,43). The molecule has 3 fully saturated rings. The van der Waals surface area contributed by atoms with Gasteiger partial charge in [0.1, 0.15) is 5.75 Å². The zero-order valence-electron chi connectivity index (χ0n) is 24.1. The minimum absolute atomic E-state index is 0.0608. The lowest BCUT2D eigenvalue weighted by Crippen LogP contribution is -2.58. The van der Waals surface area contributed by atoms with E-state index < -0.39 is 54.0 Å². The van der Waals surface area contributed by atoms with E-state index >= 15 is 0 Å². The number of rotatable bonds is 9. The zero-order valence-corrected chi connectivity index (χ0v) is 24.1. The first-order chi connectivity index (χ1) is 21.1. The molecule has 12 heteroatoms. The highest BCUT2D eigenvalue weighted by molar-refractivity contribution is 6.17. The minimum atomic E-state index is -4.85. The predicted molar refractivity (Wildman–Crippen MR) is 152 cm³/mol. The van der Waals surface area contributed by atoms with Crippen LogP contribution in [0.4, 0.5) is 18.0 Å². The highest BCUT2D eigenvalue weighted by Gasteiger charge is 2.64. The van der Waals surface area contributed by atoms with Gasteiger partial charge in [-0.3, -0.25) is 19.4 Å². The van der Waals surface area contributed by atoms with Crippen LogP contribution >= 0.6 is 0 Å². The first-order valence-electron chi connectivity index (χ1n) is 15.0. The second-order valence-corrected chi connectivity index (χ2v) is 12.0. The maximum atomic E-state index is 13.6. The molecule has 0 aromatic heterocycles. The fourth-order valence-corrected chi connectivity index (χ4v) is 7.63. The van der Waals surface area contributed by atoms with Crippen molar-refractivity contribution in [3.8, 4) is 5.75 Å². The minimum Gasteiger partial charge on any atom is -0.406 e. The number of aliphatic hydroxyl groups excluding tert-OH is 1. The number of hydrogen-bond acceptors (Lipinski definition) is 7. The first kappa shape index (κ1) is 30.3. The van der Waals surface area contributed by atoms with Gasteiger partial charge < -0.3 is 15.6 Å². The number of carbonyl (C=O) groups excluding carboxylic acids is 3. The van der Waals surface area contributed by atoms with Crippen LogP contribution < -0.4 is 10.5 Å². The Labute approximate surface area is 253 Å². The van der Waals surface area contributed by atoms with Gasteiger partial charge in [-0.25, -0.2) is 4.79 Å². The summed E-state index contributed by atoms with van der Waals surface area (Å²) in [5.41, 5.74) is 8.95. The van der Waals surface area contributed by atoms with Crippen molar-refractivity contribution in [3.05, 3.63) is 76.9 Å². The smallest absolute Gasteiger partial charge is 0.406 e. The number of carbonyl (C=O) groups is 3. The number of alkyl halides is 3. The monoisotopic (exact) mass is 612 g/mol. The highest BCUT2D eigenvalue weighted by Crippen LogP contribution is 2.57. The van der Waals surface area contributed by atoms with Gasteiger partial charge in [0.2, 0.25) is 11.8 Å². The molecule has 1 aliphatic carbocycles. The number of imide groups is 3. The molecule has 4 amide bonds. The number of ether oxygens (including phenoxy) is 1. The van der Waals surface area contributed by atoms with Crippen molar-refractivity contribution >= 4 is 17.8 Å². The fourth-order valence-electron chi connectivity index (χ4n) is 7.63. The molecule has 4 aliphatic heterocycles. The lowest BCUT2D eigenvalue weighted by Gasteiger charge is -2.55. The number of hydrogen-bond donors (Lipinski definition) is 2. The van der Waals surface area contributed by atoms with Gasteiger partial charge in [0.25, 0.3) is 0 Å². The van der Waals surface area contributed by atoms with Gasteiger partial charge in [-0.1, -0.05) is 48.0 Å². The maximum absolute atomic E-state index is 13.6. The third kappa shape index (κ3) is 5.73. The summed E-state index contributed by atoms with van der Waals surface area (Å²) in [6, 6.07) is 11.6. The quantitative estimate of drug-likeness (QED) is 0.323. The Bertz CT molecular complexity index is 1460. The van der Waals surface area contributed by atoms with Crippen molar-refractivity contribution in [1.29, 1.82) is 0 Å². The molecule has 5 aliphatic rings. The number of nitrogens with two attached hydrogens (primary N) is 1. The lowest BCUT2D eigenvalue weighted by molar-refractivity contribution is -0.274. The van der Waals surface area contributed by atoms with Crippen LogP contribution in [0.5, 0.6) is 5.75 Å². The van der Waals surface area contributed by atoms with Crippen molar-refractivity contribution in [3.63, 3.8) is 0 Å². The number of amides is 4. The van der Waals surface area contributed by atoms with E-state index in [0.717, 1.165) is 36.3 Å². The summed E-state index contributed by atoms with van der Waals surface area (Å²) in [7, 11) is 0. The lowest BCUT2D eigenvalue weighted by atomic mass is 9.61. The molecular weight excluding hydrogens is 577 g/mol. The van der Waals surface area contributed by atoms with E-state index in [9.17, 15) is 32.7 Å².